The molecule has 4 rings (SSSR count). The Morgan fingerprint density at radius 1 is 0.967 bits per heavy atom. The van der Waals surface area contributed by atoms with E-state index in [-0.39, 0.29) is 0 Å². The number of nitrogens with zero attached hydrogens (tertiary/aromatic N) is 5. The van der Waals surface area contributed by atoms with Crippen molar-refractivity contribution < 1.29 is 9.53 Å². The fourth-order valence-electron chi connectivity index (χ4n) is 3.28. The largest absolute Gasteiger partial charge is 0.443 e. The molecule has 0 spiro atoms. The van der Waals surface area contributed by atoms with Gasteiger partial charge in [0, 0.05) is 6.20 Å². The minimum Gasteiger partial charge on any atom is -0.443 e. The van der Waals surface area contributed by atoms with Crippen molar-refractivity contribution in [2.75, 3.05) is 0 Å². The summed E-state index contributed by atoms with van der Waals surface area (Å²) in [7, 11) is 0. The van der Waals surface area contributed by atoms with E-state index in [1.54, 1.807) is 54.5 Å². The molecule has 0 fully saturated rings. The highest BCUT2D eigenvalue weighted by Crippen LogP contribution is 2.17. The van der Waals surface area contributed by atoms with Crippen LogP contribution < -0.4 is 5.69 Å². The van der Waals surface area contributed by atoms with Gasteiger partial charge in [0.1, 0.15) is 5.60 Å². The fraction of sp³-hybridized carbons (Fsp3) is 0.273. The van der Waals surface area contributed by atoms with Crippen molar-refractivity contribution in [3.63, 3.8) is 0 Å². The standard InChI is InChI=1S/C22H23N5O3/c1-22(2,3)30-21(29)27-19-7-5-4-6-18(19)26(20(27)28)15-17-10-8-16(9-11-17)14-25-13-12-23-24-25/h4-13H,14-15H2,1-3H3. The SMILES string of the molecule is CC(C)(C)OC(=O)n1c(=O)n(Cc2ccc(Cn3ccnn3)cc2)c2ccccc21. The van der Waals surface area contributed by atoms with Gasteiger partial charge >= 0.3 is 11.8 Å². The lowest BCUT2D eigenvalue weighted by molar-refractivity contribution is 0.0537. The Morgan fingerprint density at radius 3 is 2.20 bits per heavy atom. The van der Waals surface area contributed by atoms with Gasteiger partial charge in [0.25, 0.3) is 0 Å². The number of carbonyl (C=O) groups is 1. The normalized spacial score (nSPS) is 11.7. The van der Waals surface area contributed by atoms with E-state index in [0.717, 1.165) is 15.7 Å². The van der Waals surface area contributed by atoms with Crippen molar-refractivity contribution in [3.8, 4) is 0 Å². The van der Waals surface area contributed by atoms with Crippen LogP contribution >= 0.6 is 0 Å². The van der Waals surface area contributed by atoms with Gasteiger partial charge in [-0.2, -0.15) is 4.57 Å². The maximum Gasteiger partial charge on any atom is 0.423 e. The Kier molecular flexibility index (Phi) is 4.99. The molecule has 8 heteroatoms. The first kappa shape index (κ1) is 19.6. The highest BCUT2D eigenvalue weighted by atomic mass is 16.6. The average molecular weight is 405 g/mol. The predicted molar refractivity (Wildman–Crippen MR) is 112 cm³/mol. The van der Waals surface area contributed by atoms with Gasteiger partial charge in [-0.15, -0.1) is 5.10 Å². The first-order valence-corrected chi connectivity index (χ1v) is 9.67. The van der Waals surface area contributed by atoms with E-state index in [1.165, 1.54) is 0 Å². The summed E-state index contributed by atoms with van der Waals surface area (Å²) < 4.78 is 9.87. The van der Waals surface area contributed by atoms with Gasteiger partial charge in [0.05, 0.1) is 30.3 Å². The minimum absolute atomic E-state index is 0.346. The van der Waals surface area contributed by atoms with Crippen molar-refractivity contribution in [1.29, 1.82) is 0 Å². The second-order valence-corrected chi connectivity index (χ2v) is 8.09. The maximum absolute atomic E-state index is 13.1. The van der Waals surface area contributed by atoms with Crippen LogP contribution in [0.25, 0.3) is 11.0 Å². The summed E-state index contributed by atoms with van der Waals surface area (Å²) in [6.45, 7) is 6.29. The van der Waals surface area contributed by atoms with Crippen LogP contribution in [0.5, 0.6) is 0 Å². The molecule has 2 aromatic carbocycles. The third-order valence-corrected chi connectivity index (χ3v) is 4.59. The molecule has 30 heavy (non-hydrogen) atoms. The van der Waals surface area contributed by atoms with Gasteiger partial charge in [0.15, 0.2) is 0 Å². The molecule has 0 amide bonds. The molecule has 154 valence electrons. The maximum atomic E-state index is 13.1. The van der Waals surface area contributed by atoms with E-state index in [9.17, 15) is 9.59 Å². The van der Waals surface area contributed by atoms with Gasteiger partial charge in [-0.25, -0.2) is 14.3 Å². The van der Waals surface area contributed by atoms with Gasteiger partial charge in [-0.1, -0.05) is 41.6 Å². The van der Waals surface area contributed by atoms with E-state index in [4.69, 9.17) is 4.74 Å². The Labute approximate surface area is 173 Å². The molecular weight excluding hydrogens is 382 g/mol. The summed E-state index contributed by atoms with van der Waals surface area (Å²) in [5, 5.41) is 7.77. The van der Waals surface area contributed by atoms with Crippen LogP contribution in [-0.2, 0) is 17.8 Å². The topological polar surface area (TPSA) is 83.9 Å². The zero-order valence-corrected chi connectivity index (χ0v) is 17.1. The summed E-state index contributed by atoms with van der Waals surface area (Å²) in [6, 6.07) is 15.2. The third-order valence-electron chi connectivity index (χ3n) is 4.59. The summed E-state index contributed by atoms with van der Waals surface area (Å²) in [5.74, 6) is 0. The van der Waals surface area contributed by atoms with E-state index >= 15 is 0 Å². The van der Waals surface area contributed by atoms with Crippen LogP contribution in [0.15, 0.2) is 65.7 Å². The van der Waals surface area contributed by atoms with Crippen molar-refractivity contribution in [2.24, 2.45) is 0 Å². The Morgan fingerprint density at radius 2 is 1.60 bits per heavy atom. The van der Waals surface area contributed by atoms with Crippen LogP contribution in [0.3, 0.4) is 0 Å². The molecule has 4 aromatic rings. The number of para-hydroxylation sites is 2. The summed E-state index contributed by atoms with van der Waals surface area (Å²) in [4.78, 5) is 25.8. The van der Waals surface area contributed by atoms with Crippen LogP contribution in [0.1, 0.15) is 31.9 Å². The molecule has 0 N–H and O–H groups in total. The lowest BCUT2D eigenvalue weighted by atomic mass is 10.1. The van der Waals surface area contributed by atoms with E-state index in [2.05, 4.69) is 10.3 Å². The van der Waals surface area contributed by atoms with Gasteiger partial charge in [-0.05, 0) is 44.0 Å². The molecule has 0 atom stereocenters. The monoisotopic (exact) mass is 405 g/mol. The highest BCUT2D eigenvalue weighted by molar-refractivity contribution is 5.87. The van der Waals surface area contributed by atoms with Crippen LogP contribution in [0.2, 0.25) is 0 Å². The number of hydrogen-bond acceptors (Lipinski definition) is 5. The lowest BCUT2D eigenvalue weighted by Crippen LogP contribution is -2.34. The number of carbonyl (C=O) groups excluding carboxylic acids is 1. The van der Waals surface area contributed by atoms with Gasteiger partial charge in [-0.3, -0.25) is 4.57 Å². The Balaban J connectivity index is 1.65. The molecule has 0 unspecified atom stereocenters. The van der Waals surface area contributed by atoms with E-state index in [0.29, 0.717) is 24.1 Å². The van der Waals surface area contributed by atoms with Gasteiger partial charge in [0.2, 0.25) is 0 Å². The molecule has 0 aliphatic rings. The highest BCUT2D eigenvalue weighted by Gasteiger charge is 2.23. The summed E-state index contributed by atoms with van der Waals surface area (Å²) in [6.07, 6.45) is 2.77. The molecule has 2 aromatic heterocycles. The van der Waals surface area contributed by atoms with Gasteiger partial charge < -0.3 is 4.74 Å². The van der Waals surface area contributed by atoms with Crippen molar-refractivity contribution in [3.05, 3.63) is 82.5 Å². The number of benzene rings is 2. The Bertz CT molecular complexity index is 1230. The van der Waals surface area contributed by atoms with E-state index in [1.807, 2.05) is 36.4 Å². The molecule has 0 saturated heterocycles. The Hall–Kier alpha value is -3.68. The zero-order valence-electron chi connectivity index (χ0n) is 17.1. The predicted octanol–water partition coefficient (Wildman–Crippen LogP) is 3.27. The molecule has 0 saturated carbocycles. The molecule has 0 aliphatic carbocycles. The quantitative estimate of drug-likeness (QED) is 0.520. The second-order valence-electron chi connectivity index (χ2n) is 8.09. The first-order valence-electron chi connectivity index (χ1n) is 9.67. The lowest BCUT2D eigenvalue weighted by Gasteiger charge is -2.19. The molecule has 2 heterocycles. The smallest absolute Gasteiger partial charge is 0.423 e. The number of fused-ring (bicyclic) bond motifs is 1. The van der Waals surface area contributed by atoms with Crippen molar-refractivity contribution in [2.45, 2.75) is 39.5 Å². The minimum atomic E-state index is -0.695. The van der Waals surface area contributed by atoms with E-state index < -0.39 is 17.4 Å². The average Bonchev–Trinajstić information content (AvgIpc) is 3.28. The summed E-state index contributed by atoms with van der Waals surface area (Å²) in [5.41, 5.74) is 2.12. The van der Waals surface area contributed by atoms with Crippen LogP contribution in [-0.4, -0.2) is 35.8 Å². The first-order chi connectivity index (χ1) is 14.3. The zero-order chi connectivity index (χ0) is 21.3. The molecular formula is C22H23N5O3. The third kappa shape index (κ3) is 4.03. The molecule has 0 aliphatic heterocycles. The molecule has 0 radical (unpaired) electrons. The summed E-state index contributed by atoms with van der Waals surface area (Å²) >= 11 is 0. The number of imidazole rings is 1. The number of aromatic nitrogens is 5. The van der Waals surface area contributed by atoms with Crippen LogP contribution in [0.4, 0.5) is 4.79 Å². The molecule has 0 bridgehead atoms. The number of hydrogen-bond donors (Lipinski definition) is 0. The second kappa shape index (κ2) is 7.62. The number of rotatable bonds is 4. The van der Waals surface area contributed by atoms with Crippen molar-refractivity contribution in [1.82, 2.24) is 24.1 Å². The van der Waals surface area contributed by atoms with Crippen LogP contribution in [0, 0.1) is 0 Å². The fourth-order valence-corrected chi connectivity index (χ4v) is 3.28. The number of ether oxygens (including phenoxy) is 1. The van der Waals surface area contributed by atoms with Crippen molar-refractivity contribution >= 4 is 17.1 Å². The molecule has 8 nitrogen and oxygen atoms in total.